The van der Waals surface area contributed by atoms with Gasteiger partial charge in [0.15, 0.2) is 0 Å². The van der Waals surface area contributed by atoms with Crippen LogP contribution in [-0.4, -0.2) is 32.9 Å². The van der Waals surface area contributed by atoms with Crippen LogP contribution < -0.4 is 0 Å². The Hall–Kier alpha value is -2.48. The summed E-state index contributed by atoms with van der Waals surface area (Å²) in [6.07, 6.45) is 8.09. The molecule has 30 heavy (non-hydrogen) atoms. The molecule has 3 aromatic heterocycles. The quantitative estimate of drug-likeness (QED) is 0.274. The second-order valence-electron chi connectivity index (χ2n) is 6.29. The fraction of sp³-hybridized carbons (Fsp3) is 0. The molecule has 0 aliphatic carbocycles. The summed E-state index contributed by atoms with van der Waals surface area (Å²) in [5.41, 5.74) is 7.86. The zero-order valence-corrected chi connectivity index (χ0v) is 18.1. The van der Waals surface area contributed by atoms with Crippen molar-refractivity contribution in [3.8, 4) is 0 Å². The monoisotopic (exact) mass is 509 g/mol. The van der Waals surface area contributed by atoms with Crippen LogP contribution in [0.25, 0.3) is 46.4 Å². The molecule has 1 radical (unpaired) electrons. The molecule has 0 spiro atoms. The predicted molar refractivity (Wildman–Crippen MR) is 110 cm³/mol. The Balaban J connectivity index is 0.000000386. The van der Waals surface area contributed by atoms with Crippen molar-refractivity contribution in [3.63, 3.8) is 0 Å². The van der Waals surface area contributed by atoms with Gasteiger partial charge in [0.1, 0.15) is 0 Å². The number of fused-ring (bicyclic) bond motifs is 8. The fourth-order valence-corrected chi connectivity index (χ4v) is 2.94. The van der Waals surface area contributed by atoms with E-state index < -0.39 is 8.59 Å². The van der Waals surface area contributed by atoms with Crippen LogP contribution in [0.3, 0.4) is 0 Å². The summed E-state index contributed by atoms with van der Waals surface area (Å²) in [5, 5.41) is 0. The Morgan fingerprint density at radius 3 is 1.13 bits per heavy atom. The van der Waals surface area contributed by atoms with Crippen LogP contribution >= 0.6 is 0 Å². The molecule has 0 unspecified atom stereocenters. The largest absolute Gasteiger partial charge is 0 e. The van der Waals surface area contributed by atoms with E-state index in [4.69, 9.17) is 13.0 Å². The summed E-state index contributed by atoms with van der Waals surface area (Å²) in [4.78, 5) is 16.0. The third-order valence-electron chi connectivity index (χ3n) is 4.04. The first-order valence-electron chi connectivity index (χ1n) is 8.50. The van der Waals surface area contributed by atoms with E-state index in [1.165, 1.54) is 0 Å². The maximum absolute atomic E-state index is 9.05. The normalized spacial score (nSPS) is 12.1. The van der Waals surface area contributed by atoms with Crippen LogP contribution in [0, 0.1) is 0 Å². The summed E-state index contributed by atoms with van der Waals surface area (Å²) in [6, 6.07) is 16.4. The first-order chi connectivity index (χ1) is 13.8. The third kappa shape index (κ3) is 6.26. The van der Waals surface area contributed by atoms with Crippen LogP contribution in [0.4, 0.5) is 0 Å². The van der Waals surface area contributed by atoms with Gasteiger partial charge in [-0.05, 0) is 72.8 Å². The average Bonchev–Trinajstić information content (AvgIpc) is 3.38. The number of hydrogen-bond acceptors (Lipinski definition) is 4. The second-order valence-corrected chi connectivity index (χ2v) is 8.68. The topological polar surface area (TPSA) is 112 Å². The van der Waals surface area contributed by atoms with Gasteiger partial charge in [0, 0.05) is 38.8 Å². The number of rotatable bonds is 0. The number of nitrogens with one attached hydrogen (secondary N) is 2. The van der Waals surface area contributed by atoms with Crippen molar-refractivity contribution in [2.75, 3.05) is 0 Å². The van der Waals surface area contributed by atoms with E-state index in [0.717, 1.165) is 44.8 Å². The molecule has 0 fully saturated rings. The van der Waals surface area contributed by atoms with Gasteiger partial charge in [-0.15, -0.1) is 0 Å². The summed E-state index contributed by atoms with van der Waals surface area (Å²) in [6.45, 7) is 0. The summed E-state index contributed by atoms with van der Waals surface area (Å²) >= 11 is 2.69. The molecule has 5 heterocycles. The molecule has 0 amide bonds. The van der Waals surface area contributed by atoms with Crippen molar-refractivity contribution in [1.29, 1.82) is 0 Å². The first-order valence-corrected chi connectivity index (χ1v) is 11.1. The van der Waals surface area contributed by atoms with Gasteiger partial charge in [0.05, 0.1) is 22.8 Å². The molecule has 0 atom stereocenters. The van der Waals surface area contributed by atoms with E-state index in [0.29, 0.717) is 0 Å². The first kappa shape index (κ1) is 22.2. The van der Waals surface area contributed by atoms with Gasteiger partial charge in [0.2, 0.25) is 0 Å². The molecule has 3 aromatic rings. The summed E-state index contributed by atoms with van der Waals surface area (Å²) < 4.78 is 25.5. The van der Waals surface area contributed by atoms with Crippen molar-refractivity contribution in [2.24, 2.45) is 0 Å². The molecule has 157 valence electrons. The van der Waals surface area contributed by atoms with Gasteiger partial charge in [-0.1, -0.05) is 0 Å². The Morgan fingerprint density at radius 2 is 0.900 bits per heavy atom. The van der Waals surface area contributed by atoms with Crippen molar-refractivity contribution in [1.82, 2.24) is 19.9 Å². The average molecular weight is 509 g/mol. The van der Waals surface area contributed by atoms with Crippen molar-refractivity contribution in [3.05, 3.63) is 71.3 Å². The van der Waals surface area contributed by atoms with Crippen LogP contribution in [0.2, 0.25) is 0 Å². The predicted octanol–water partition coefficient (Wildman–Crippen LogP) is 3.99. The molecule has 7 nitrogen and oxygen atoms in total. The SMILES string of the molecule is C1=Cc2cc3ccc(cc4nc(cc5ccc(cc1n2)[nH]5)C=C4)[nH]3.O=[S](=O)(O)[Co].[Co]. The molecule has 2 aliphatic heterocycles. The Bertz CT molecular complexity index is 1220. The van der Waals surface area contributed by atoms with Crippen LogP contribution in [0.5, 0.6) is 0 Å². The number of nitrogens with zero attached hydrogens (tertiary/aromatic N) is 2. The Labute approximate surface area is 190 Å². The third-order valence-corrected chi connectivity index (χ3v) is 4.04. The molecule has 0 aromatic carbocycles. The zero-order valence-electron chi connectivity index (χ0n) is 15.2. The molecule has 0 saturated carbocycles. The number of aromatic nitrogens is 4. The molecule has 8 bridgehead atoms. The van der Waals surface area contributed by atoms with Crippen LogP contribution in [0.15, 0.2) is 48.5 Å². The van der Waals surface area contributed by atoms with Gasteiger partial charge in [-0.3, -0.25) is 0 Å². The summed E-state index contributed by atoms with van der Waals surface area (Å²) in [5.74, 6) is 0. The molecule has 10 heteroatoms. The van der Waals surface area contributed by atoms with Gasteiger partial charge in [0.25, 0.3) is 0 Å². The minimum absolute atomic E-state index is 0. The second kappa shape index (κ2) is 9.12. The smallest absolute Gasteiger partial charge is 0 e. The van der Waals surface area contributed by atoms with E-state index in [2.05, 4.69) is 58.8 Å². The van der Waals surface area contributed by atoms with E-state index in [1.54, 1.807) is 0 Å². The molecule has 0 saturated heterocycles. The minimum Gasteiger partial charge on any atom is 0 e. The van der Waals surface area contributed by atoms with Crippen LogP contribution in [-0.2, 0) is 40.0 Å². The number of H-pyrrole nitrogens is 2. The fourth-order valence-electron chi connectivity index (χ4n) is 2.94. The maximum atomic E-state index is 9.05. The number of hydrogen-bond donors (Lipinski definition) is 3. The van der Waals surface area contributed by atoms with E-state index in [9.17, 15) is 0 Å². The minimum atomic E-state index is -3.98. The van der Waals surface area contributed by atoms with Gasteiger partial charge >= 0.3 is 36.2 Å². The van der Waals surface area contributed by atoms with E-state index in [-0.39, 0.29) is 16.8 Å². The van der Waals surface area contributed by atoms with E-state index in [1.807, 2.05) is 48.6 Å². The molecular formula is C20H15Co2N4O3S. The van der Waals surface area contributed by atoms with Crippen molar-refractivity contribution in [2.45, 2.75) is 0 Å². The van der Waals surface area contributed by atoms with Crippen LogP contribution in [0.1, 0.15) is 22.8 Å². The van der Waals surface area contributed by atoms with Crippen molar-refractivity contribution >= 4 is 55.0 Å². The van der Waals surface area contributed by atoms with Crippen molar-refractivity contribution < 1.29 is 44.4 Å². The van der Waals surface area contributed by atoms with Gasteiger partial charge in [-0.25, -0.2) is 9.97 Å². The van der Waals surface area contributed by atoms with Gasteiger partial charge in [-0.2, -0.15) is 0 Å². The zero-order chi connectivity index (χ0) is 20.4. The van der Waals surface area contributed by atoms with E-state index >= 15 is 0 Å². The standard InChI is InChI=1S/C20H14N4.2Co.HO3S/c1-2-14-10-16-5-6-18(23-16)12-20-8-7-19(24-20)11-17-4-3-15(22-17)9-13(1)21-14;;;1-4(2)3/h1-12,21,24H;;;(H,1,2,3). The maximum Gasteiger partial charge on any atom is 0 e. The number of aromatic amines is 2. The molecule has 2 aliphatic rings. The molecule has 3 N–H and O–H groups in total. The Kier molecular flexibility index (Phi) is 6.75. The Morgan fingerprint density at radius 1 is 0.667 bits per heavy atom. The summed E-state index contributed by atoms with van der Waals surface area (Å²) in [7, 11) is -3.98. The molecule has 5 rings (SSSR count). The van der Waals surface area contributed by atoms with Gasteiger partial charge < -0.3 is 9.97 Å². The molecular weight excluding hydrogens is 494 g/mol.